The largest absolute Gasteiger partial charge is 0.451 e. The molecule has 1 amide bonds. The highest BCUT2D eigenvalue weighted by molar-refractivity contribution is 6.33. The molecule has 0 saturated heterocycles. The number of benzene rings is 3. The van der Waals surface area contributed by atoms with Gasteiger partial charge in [0.1, 0.15) is 5.76 Å². The van der Waals surface area contributed by atoms with Crippen LogP contribution < -0.4 is 5.32 Å². The third kappa shape index (κ3) is 5.54. The summed E-state index contributed by atoms with van der Waals surface area (Å²) in [6.07, 6.45) is -0.579. The molecule has 1 N–H and O–H groups in total. The molecule has 4 rings (SSSR count). The Bertz CT molecular complexity index is 1290. The third-order valence-corrected chi connectivity index (χ3v) is 5.15. The fraction of sp³-hybridized carbons (Fsp3) is 0.0385. The second-order valence-electron chi connectivity index (χ2n) is 7.18. The summed E-state index contributed by atoms with van der Waals surface area (Å²) in [5.74, 6) is -0.513. The van der Waals surface area contributed by atoms with Crippen molar-refractivity contribution in [1.82, 2.24) is 0 Å². The molecule has 0 unspecified atom stereocenters. The van der Waals surface area contributed by atoms with Crippen LogP contribution in [-0.2, 0) is 6.18 Å². The molecule has 0 atom stereocenters. The first kappa shape index (κ1) is 22.4. The molecule has 0 spiro atoms. The lowest BCUT2D eigenvalue weighted by molar-refractivity contribution is -0.137. The number of anilines is 1. The predicted molar refractivity (Wildman–Crippen MR) is 124 cm³/mol. The lowest BCUT2D eigenvalue weighted by Crippen LogP contribution is -2.10. The van der Waals surface area contributed by atoms with E-state index in [4.69, 9.17) is 16.0 Å². The molecule has 7 heteroatoms. The van der Waals surface area contributed by atoms with Crippen LogP contribution in [-0.4, -0.2) is 5.91 Å². The van der Waals surface area contributed by atoms with E-state index in [1.165, 1.54) is 12.1 Å². The summed E-state index contributed by atoms with van der Waals surface area (Å²) in [5, 5.41) is 2.79. The Morgan fingerprint density at radius 1 is 0.848 bits per heavy atom. The first-order valence-corrected chi connectivity index (χ1v) is 10.3. The summed E-state index contributed by atoms with van der Waals surface area (Å²) in [7, 11) is 0. The molecule has 0 aliphatic rings. The Hall–Kier alpha value is -3.77. The zero-order valence-electron chi connectivity index (χ0n) is 17.1. The number of furan rings is 1. The van der Waals surface area contributed by atoms with Crippen molar-refractivity contribution < 1.29 is 22.4 Å². The van der Waals surface area contributed by atoms with Crippen molar-refractivity contribution in [3.63, 3.8) is 0 Å². The van der Waals surface area contributed by atoms with E-state index in [9.17, 15) is 18.0 Å². The van der Waals surface area contributed by atoms with E-state index in [0.717, 1.165) is 29.3 Å². The maximum absolute atomic E-state index is 13.0. The van der Waals surface area contributed by atoms with Gasteiger partial charge in [0.25, 0.3) is 5.91 Å². The Labute approximate surface area is 193 Å². The molecule has 3 nitrogen and oxygen atoms in total. The molecule has 0 radical (unpaired) electrons. The Morgan fingerprint density at radius 3 is 2.18 bits per heavy atom. The smallest absolute Gasteiger partial charge is 0.416 e. The van der Waals surface area contributed by atoms with E-state index in [1.54, 1.807) is 12.1 Å². The van der Waals surface area contributed by atoms with Crippen molar-refractivity contribution in [3.8, 4) is 11.3 Å². The molecule has 1 heterocycles. The first-order chi connectivity index (χ1) is 15.8. The van der Waals surface area contributed by atoms with Crippen molar-refractivity contribution in [2.24, 2.45) is 0 Å². The van der Waals surface area contributed by atoms with E-state index in [-0.39, 0.29) is 22.1 Å². The Kier molecular flexibility index (Phi) is 6.38. The molecule has 166 valence electrons. The molecular formula is C26H17ClF3NO2. The number of rotatable bonds is 5. The Balaban J connectivity index is 1.46. The summed E-state index contributed by atoms with van der Waals surface area (Å²) in [6, 6.07) is 22.8. The molecule has 0 aliphatic heterocycles. The van der Waals surface area contributed by atoms with Crippen LogP contribution in [0.3, 0.4) is 0 Å². The van der Waals surface area contributed by atoms with Crippen LogP contribution in [0.4, 0.5) is 18.9 Å². The summed E-state index contributed by atoms with van der Waals surface area (Å²) < 4.78 is 44.5. The van der Waals surface area contributed by atoms with E-state index in [0.29, 0.717) is 5.69 Å². The minimum absolute atomic E-state index is 0.0495. The fourth-order valence-electron chi connectivity index (χ4n) is 3.12. The van der Waals surface area contributed by atoms with E-state index >= 15 is 0 Å². The number of halogens is 4. The molecule has 4 aromatic rings. The number of hydrogen-bond acceptors (Lipinski definition) is 2. The summed E-state index contributed by atoms with van der Waals surface area (Å²) >= 11 is 6.05. The molecule has 0 bridgehead atoms. The first-order valence-electron chi connectivity index (χ1n) is 9.91. The van der Waals surface area contributed by atoms with Crippen molar-refractivity contribution in [3.05, 3.63) is 112 Å². The van der Waals surface area contributed by atoms with Crippen molar-refractivity contribution >= 4 is 35.3 Å². The van der Waals surface area contributed by atoms with E-state index in [1.807, 2.05) is 54.6 Å². The second kappa shape index (κ2) is 9.38. The van der Waals surface area contributed by atoms with Crippen molar-refractivity contribution in [2.45, 2.75) is 6.18 Å². The average molecular weight is 468 g/mol. The van der Waals surface area contributed by atoms with Crippen LogP contribution in [0.2, 0.25) is 5.02 Å². The third-order valence-electron chi connectivity index (χ3n) is 4.83. The monoisotopic (exact) mass is 467 g/mol. The maximum atomic E-state index is 13.0. The lowest BCUT2D eigenvalue weighted by atomic mass is 10.1. The number of hydrogen-bond donors (Lipinski definition) is 1. The van der Waals surface area contributed by atoms with Crippen LogP contribution in [0.15, 0.2) is 89.3 Å². The fourth-order valence-corrected chi connectivity index (χ4v) is 3.33. The SMILES string of the molecule is O=C(Nc1ccc(/C=C/c2ccccc2)cc1)c1ccc(-c2cc(C(F)(F)F)ccc2Cl)o1. The van der Waals surface area contributed by atoms with Gasteiger partial charge >= 0.3 is 6.18 Å². The number of carbonyl (C=O) groups is 1. The number of carbonyl (C=O) groups excluding carboxylic acids is 1. The summed E-state index contributed by atoms with van der Waals surface area (Å²) in [4.78, 5) is 12.5. The average Bonchev–Trinajstić information content (AvgIpc) is 3.29. The lowest BCUT2D eigenvalue weighted by Gasteiger charge is -2.09. The van der Waals surface area contributed by atoms with Gasteiger partial charge in [0, 0.05) is 11.3 Å². The van der Waals surface area contributed by atoms with Crippen LogP contribution in [0.1, 0.15) is 27.2 Å². The van der Waals surface area contributed by atoms with Crippen LogP contribution in [0, 0.1) is 0 Å². The van der Waals surface area contributed by atoms with Gasteiger partial charge in [0.15, 0.2) is 5.76 Å². The van der Waals surface area contributed by atoms with Gasteiger partial charge in [-0.2, -0.15) is 13.2 Å². The van der Waals surface area contributed by atoms with Gasteiger partial charge in [-0.1, -0.05) is 66.2 Å². The highest BCUT2D eigenvalue weighted by atomic mass is 35.5. The molecule has 0 aliphatic carbocycles. The number of alkyl halides is 3. The van der Waals surface area contributed by atoms with Crippen molar-refractivity contribution in [1.29, 1.82) is 0 Å². The standard InChI is InChI=1S/C26H17ClF3NO2/c27-22-13-10-19(26(28,29)30)16-21(22)23-14-15-24(33-23)25(32)31-20-11-8-18(9-12-20)7-6-17-4-2-1-3-5-17/h1-16H,(H,31,32)/b7-6+. The highest BCUT2D eigenvalue weighted by Crippen LogP contribution is 2.36. The summed E-state index contributed by atoms with van der Waals surface area (Å²) in [5.41, 5.74) is 1.78. The summed E-state index contributed by atoms with van der Waals surface area (Å²) in [6.45, 7) is 0. The van der Waals surface area contributed by atoms with Gasteiger partial charge in [-0.05, 0) is 53.6 Å². The topological polar surface area (TPSA) is 42.2 Å². The van der Waals surface area contributed by atoms with Crippen LogP contribution in [0.25, 0.3) is 23.5 Å². The highest BCUT2D eigenvalue weighted by Gasteiger charge is 2.31. The normalized spacial score (nSPS) is 11.6. The zero-order chi connectivity index (χ0) is 23.4. The Morgan fingerprint density at radius 2 is 1.52 bits per heavy atom. The predicted octanol–water partition coefficient (Wildman–Crippen LogP) is 8.04. The zero-order valence-corrected chi connectivity index (χ0v) is 17.8. The van der Waals surface area contributed by atoms with Gasteiger partial charge in [-0.15, -0.1) is 0 Å². The van der Waals surface area contributed by atoms with Gasteiger partial charge < -0.3 is 9.73 Å². The van der Waals surface area contributed by atoms with Crippen LogP contribution in [0.5, 0.6) is 0 Å². The molecule has 1 aromatic heterocycles. The quantitative estimate of drug-likeness (QED) is 0.302. The van der Waals surface area contributed by atoms with Gasteiger partial charge in [0.05, 0.1) is 10.6 Å². The second-order valence-corrected chi connectivity index (χ2v) is 7.58. The van der Waals surface area contributed by atoms with Crippen molar-refractivity contribution in [2.75, 3.05) is 5.32 Å². The molecule has 33 heavy (non-hydrogen) atoms. The molecule has 3 aromatic carbocycles. The minimum Gasteiger partial charge on any atom is -0.451 e. The molecular weight excluding hydrogens is 451 g/mol. The minimum atomic E-state index is -4.52. The molecule has 0 fully saturated rings. The number of amides is 1. The number of nitrogens with one attached hydrogen (secondary N) is 1. The van der Waals surface area contributed by atoms with Gasteiger partial charge in [-0.3, -0.25) is 4.79 Å². The van der Waals surface area contributed by atoms with Crippen LogP contribution >= 0.6 is 11.6 Å². The molecule has 0 saturated carbocycles. The van der Waals surface area contributed by atoms with Gasteiger partial charge in [-0.25, -0.2) is 0 Å². The maximum Gasteiger partial charge on any atom is 0.416 e. The van der Waals surface area contributed by atoms with E-state index < -0.39 is 17.6 Å². The van der Waals surface area contributed by atoms with E-state index in [2.05, 4.69) is 5.32 Å². The van der Waals surface area contributed by atoms with Gasteiger partial charge in [0.2, 0.25) is 0 Å².